The largest absolute Gasteiger partial charge is 0.483 e. The standard InChI is InChI=1S/C26H28FN5OS/c1-17(21-13-18-9-10-19(21)12-18)32-25(15-33-23-7-3-2-6-22(23)27)29-30-26(32)34-16-20-14-31-11-5-4-8-24(31)28-20/h2-8,11,14,17-19,21H,9-10,12-13,15-16H2,1H3. The molecule has 4 aromatic rings. The molecular weight excluding hydrogens is 449 g/mol. The van der Waals surface area contributed by atoms with Crippen molar-refractivity contribution >= 4 is 17.4 Å². The van der Waals surface area contributed by atoms with E-state index in [2.05, 4.69) is 27.9 Å². The van der Waals surface area contributed by atoms with E-state index in [0.717, 1.165) is 34.2 Å². The highest BCUT2D eigenvalue weighted by atomic mass is 32.2. The van der Waals surface area contributed by atoms with Crippen molar-refractivity contribution < 1.29 is 9.13 Å². The van der Waals surface area contributed by atoms with Crippen LogP contribution in [0.5, 0.6) is 5.75 Å². The minimum atomic E-state index is -0.365. The Balaban J connectivity index is 1.25. The molecule has 8 heteroatoms. The molecule has 6 rings (SSSR count). The molecule has 0 spiro atoms. The lowest BCUT2D eigenvalue weighted by Crippen LogP contribution is -2.24. The van der Waals surface area contributed by atoms with E-state index in [1.165, 1.54) is 31.7 Å². The number of hydrogen-bond acceptors (Lipinski definition) is 5. The van der Waals surface area contributed by atoms with E-state index >= 15 is 0 Å². The van der Waals surface area contributed by atoms with Crippen molar-refractivity contribution in [2.45, 2.75) is 56.2 Å². The van der Waals surface area contributed by atoms with E-state index in [-0.39, 0.29) is 24.2 Å². The summed E-state index contributed by atoms with van der Waals surface area (Å²) in [5.41, 5.74) is 1.94. The molecule has 2 aliphatic carbocycles. The first-order chi connectivity index (χ1) is 16.7. The maximum Gasteiger partial charge on any atom is 0.191 e. The average molecular weight is 478 g/mol. The van der Waals surface area contributed by atoms with Gasteiger partial charge in [0.15, 0.2) is 22.5 Å². The van der Waals surface area contributed by atoms with Crippen molar-refractivity contribution in [1.82, 2.24) is 24.1 Å². The molecule has 3 aromatic heterocycles. The second-order valence-electron chi connectivity index (χ2n) is 9.55. The molecule has 0 amide bonds. The molecule has 0 N–H and O–H groups in total. The summed E-state index contributed by atoms with van der Waals surface area (Å²) in [4.78, 5) is 4.72. The Hall–Kier alpha value is -2.87. The molecule has 0 radical (unpaired) electrons. The van der Waals surface area contributed by atoms with Gasteiger partial charge in [-0.2, -0.15) is 0 Å². The van der Waals surface area contributed by atoms with Crippen molar-refractivity contribution in [3.63, 3.8) is 0 Å². The molecule has 3 heterocycles. The molecule has 6 nitrogen and oxygen atoms in total. The molecule has 1 aromatic carbocycles. The first-order valence-corrected chi connectivity index (χ1v) is 13.0. The van der Waals surface area contributed by atoms with Crippen LogP contribution in [0.3, 0.4) is 0 Å². The molecule has 2 fully saturated rings. The van der Waals surface area contributed by atoms with Gasteiger partial charge in [0.2, 0.25) is 0 Å². The number of imidazole rings is 1. The van der Waals surface area contributed by atoms with Gasteiger partial charge in [0.25, 0.3) is 0 Å². The van der Waals surface area contributed by atoms with Gasteiger partial charge in [-0.1, -0.05) is 36.4 Å². The van der Waals surface area contributed by atoms with Crippen molar-refractivity contribution in [3.05, 3.63) is 72.2 Å². The fourth-order valence-corrected chi connectivity index (χ4v) is 6.81. The Morgan fingerprint density at radius 3 is 2.79 bits per heavy atom. The Morgan fingerprint density at radius 2 is 2.00 bits per heavy atom. The van der Waals surface area contributed by atoms with Crippen LogP contribution in [-0.2, 0) is 12.4 Å². The van der Waals surface area contributed by atoms with Gasteiger partial charge in [0, 0.05) is 24.2 Å². The Labute approximate surface area is 202 Å². The summed E-state index contributed by atoms with van der Waals surface area (Å²) in [6.07, 6.45) is 9.39. The number of hydrogen-bond donors (Lipinski definition) is 0. The molecule has 0 saturated heterocycles. The van der Waals surface area contributed by atoms with Crippen LogP contribution in [0.15, 0.2) is 60.0 Å². The van der Waals surface area contributed by atoms with E-state index in [0.29, 0.717) is 11.7 Å². The van der Waals surface area contributed by atoms with Crippen LogP contribution in [-0.4, -0.2) is 24.1 Å². The van der Waals surface area contributed by atoms with Gasteiger partial charge in [0.05, 0.1) is 5.69 Å². The number of nitrogens with zero attached hydrogens (tertiary/aromatic N) is 5. The van der Waals surface area contributed by atoms with Gasteiger partial charge < -0.3 is 9.14 Å². The van der Waals surface area contributed by atoms with Crippen molar-refractivity contribution in [2.75, 3.05) is 0 Å². The average Bonchev–Trinajstić information content (AvgIpc) is 3.64. The van der Waals surface area contributed by atoms with Gasteiger partial charge in [0.1, 0.15) is 12.3 Å². The summed E-state index contributed by atoms with van der Waals surface area (Å²) in [5, 5.41) is 9.91. The lowest BCUT2D eigenvalue weighted by Gasteiger charge is -2.30. The summed E-state index contributed by atoms with van der Waals surface area (Å²) in [6.45, 7) is 2.48. The van der Waals surface area contributed by atoms with Crippen LogP contribution in [0.4, 0.5) is 4.39 Å². The Morgan fingerprint density at radius 1 is 1.12 bits per heavy atom. The molecule has 0 aliphatic heterocycles. The van der Waals surface area contributed by atoms with Crippen molar-refractivity contribution in [1.29, 1.82) is 0 Å². The minimum Gasteiger partial charge on any atom is -0.483 e. The van der Waals surface area contributed by atoms with Crippen LogP contribution < -0.4 is 4.74 Å². The highest BCUT2D eigenvalue weighted by molar-refractivity contribution is 7.98. The van der Waals surface area contributed by atoms with Crippen molar-refractivity contribution in [3.8, 4) is 5.75 Å². The Kier molecular flexibility index (Phi) is 5.77. The van der Waals surface area contributed by atoms with E-state index in [1.807, 2.05) is 28.8 Å². The second-order valence-corrected chi connectivity index (χ2v) is 10.5. The zero-order valence-corrected chi connectivity index (χ0v) is 20.0. The number of fused-ring (bicyclic) bond motifs is 3. The number of ether oxygens (including phenoxy) is 1. The highest BCUT2D eigenvalue weighted by Gasteiger charge is 2.43. The quantitative estimate of drug-likeness (QED) is 0.294. The summed E-state index contributed by atoms with van der Waals surface area (Å²) >= 11 is 1.65. The van der Waals surface area contributed by atoms with E-state index in [4.69, 9.17) is 9.72 Å². The number of halogens is 1. The molecule has 34 heavy (non-hydrogen) atoms. The van der Waals surface area contributed by atoms with Gasteiger partial charge in [-0.25, -0.2) is 9.37 Å². The number of thioether (sulfide) groups is 1. The van der Waals surface area contributed by atoms with Crippen LogP contribution >= 0.6 is 11.8 Å². The van der Waals surface area contributed by atoms with Crippen molar-refractivity contribution in [2.24, 2.45) is 17.8 Å². The lowest BCUT2D eigenvalue weighted by molar-refractivity contribution is 0.215. The van der Waals surface area contributed by atoms with Gasteiger partial charge in [-0.3, -0.25) is 4.57 Å². The van der Waals surface area contributed by atoms with Crippen LogP contribution in [0.25, 0.3) is 5.65 Å². The van der Waals surface area contributed by atoms with Crippen LogP contribution in [0.1, 0.15) is 50.2 Å². The Bertz CT molecular complexity index is 1270. The molecule has 4 unspecified atom stereocenters. The minimum absolute atomic E-state index is 0.189. The first-order valence-electron chi connectivity index (χ1n) is 12.0. The smallest absolute Gasteiger partial charge is 0.191 e. The highest BCUT2D eigenvalue weighted by Crippen LogP contribution is 2.52. The van der Waals surface area contributed by atoms with Crippen LogP contribution in [0.2, 0.25) is 0 Å². The van der Waals surface area contributed by atoms with Crippen LogP contribution in [0, 0.1) is 23.6 Å². The summed E-state index contributed by atoms with van der Waals surface area (Å²) < 4.78 is 24.2. The third kappa shape index (κ3) is 4.08. The molecule has 2 aliphatic rings. The number of pyridine rings is 1. The third-order valence-corrected chi connectivity index (χ3v) is 8.49. The topological polar surface area (TPSA) is 57.2 Å². The van der Waals surface area contributed by atoms with Gasteiger partial charge in [-0.15, -0.1) is 10.2 Å². The number of para-hydroxylation sites is 1. The SMILES string of the molecule is CC(C1CC2CCC1C2)n1c(COc2ccccc2F)nnc1SCc1cn2ccccc2n1. The van der Waals surface area contributed by atoms with E-state index < -0.39 is 0 Å². The van der Waals surface area contributed by atoms with Gasteiger partial charge in [-0.05, 0) is 68.2 Å². The lowest BCUT2D eigenvalue weighted by atomic mass is 9.84. The fraction of sp³-hybridized carbons (Fsp3) is 0.423. The molecule has 176 valence electrons. The predicted octanol–water partition coefficient (Wildman–Crippen LogP) is 5.93. The summed E-state index contributed by atoms with van der Waals surface area (Å²) in [7, 11) is 0. The third-order valence-electron chi connectivity index (χ3n) is 7.51. The number of rotatable bonds is 8. The molecule has 4 atom stereocenters. The fourth-order valence-electron chi connectivity index (χ4n) is 5.89. The molecule has 2 bridgehead atoms. The zero-order chi connectivity index (χ0) is 23.1. The maximum atomic E-state index is 14.1. The number of aromatic nitrogens is 5. The maximum absolute atomic E-state index is 14.1. The zero-order valence-electron chi connectivity index (χ0n) is 19.2. The predicted molar refractivity (Wildman–Crippen MR) is 129 cm³/mol. The molecular formula is C26H28FN5OS. The summed E-state index contributed by atoms with van der Waals surface area (Å²) in [6, 6.07) is 12.8. The van der Waals surface area contributed by atoms with E-state index in [9.17, 15) is 4.39 Å². The first kappa shape index (κ1) is 21.6. The second kappa shape index (κ2) is 9.06. The van der Waals surface area contributed by atoms with E-state index in [1.54, 1.807) is 30.0 Å². The normalized spacial score (nSPS) is 22.5. The van der Waals surface area contributed by atoms with Gasteiger partial charge >= 0.3 is 0 Å². The monoisotopic (exact) mass is 477 g/mol. The molecule has 2 saturated carbocycles. The number of benzene rings is 1. The summed E-state index contributed by atoms with van der Waals surface area (Å²) in [5.74, 6) is 3.59.